The monoisotopic (exact) mass is 234 g/mol. The van der Waals surface area contributed by atoms with Crippen molar-refractivity contribution >= 4 is 26.8 Å². The van der Waals surface area contributed by atoms with Crippen molar-refractivity contribution in [1.82, 2.24) is 15.0 Å². The van der Waals surface area contributed by atoms with E-state index in [1.165, 1.54) is 19.3 Å². The summed E-state index contributed by atoms with van der Waals surface area (Å²) in [5.41, 5.74) is 4.35. The van der Waals surface area contributed by atoms with Gasteiger partial charge >= 0.3 is 0 Å². The normalized spacial score (nSPS) is 17.8. The van der Waals surface area contributed by atoms with Gasteiger partial charge in [-0.2, -0.15) is 0 Å². The Morgan fingerprint density at radius 1 is 1.25 bits per heavy atom. The lowest BCUT2D eigenvalue weighted by atomic mass is 10.2. The summed E-state index contributed by atoms with van der Waals surface area (Å²) in [5, 5.41) is 3.21. The van der Waals surface area contributed by atoms with Crippen LogP contribution in [0.5, 0.6) is 0 Å². The Morgan fingerprint density at radius 3 is 2.94 bits per heavy atom. The minimum Gasteiger partial charge on any atom is -0.294 e. The van der Waals surface area contributed by atoms with E-state index < -0.39 is 0 Å². The second-order valence-electron chi connectivity index (χ2n) is 4.01. The van der Waals surface area contributed by atoms with E-state index in [1.807, 2.05) is 18.3 Å². The van der Waals surface area contributed by atoms with Crippen molar-refractivity contribution in [1.29, 1.82) is 0 Å². The summed E-state index contributed by atoms with van der Waals surface area (Å²) >= 11 is 1.62. The highest BCUT2D eigenvalue weighted by Gasteiger charge is 2.11. The van der Waals surface area contributed by atoms with Crippen LogP contribution in [-0.2, 0) is 0 Å². The third-order valence-electron chi connectivity index (χ3n) is 2.78. The molecular formula is C11H14N4S. The van der Waals surface area contributed by atoms with E-state index in [1.54, 1.807) is 11.3 Å². The Hall–Kier alpha value is -1.20. The maximum atomic E-state index is 4.51. The van der Waals surface area contributed by atoms with Gasteiger partial charge in [-0.25, -0.2) is 15.0 Å². The molecule has 0 bridgehead atoms. The second-order valence-corrected chi connectivity index (χ2v) is 4.98. The highest BCUT2D eigenvalue weighted by molar-refractivity contribution is 7.21. The number of hydrogen-bond donors (Lipinski definition) is 1. The zero-order valence-electron chi connectivity index (χ0n) is 9.02. The molecule has 0 aromatic carbocycles. The maximum Gasteiger partial charge on any atom is 0.200 e. The SMILES string of the molecule is c1cnc2sc(NN3CCCCC3)nc2c1. The van der Waals surface area contributed by atoms with E-state index in [4.69, 9.17) is 0 Å². The number of rotatable bonds is 2. The fourth-order valence-corrected chi connectivity index (χ4v) is 2.79. The van der Waals surface area contributed by atoms with E-state index >= 15 is 0 Å². The van der Waals surface area contributed by atoms with Crippen LogP contribution in [0.25, 0.3) is 10.3 Å². The number of hydrogen-bond acceptors (Lipinski definition) is 5. The van der Waals surface area contributed by atoms with Crippen molar-refractivity contribution in [2.45, 2.75) is 19.3 Å². The van der Waals surface area contributed by atoms with E-state index in [9.17, 15) is 0 Å². The number of pyridine rings is 1. The summed E-state index contributed by atoms with van der Waals surface area (Å²) in [7, 11) is 0. The smallest absolute Gasteiger partial charge is 0.200 e. The summed E-state index contributed by atoms with van der Waals surface area (Å²) in [6, 6.07) is 3.92. The number of anilines is 1. The second kappa shape index (κ2) is 4.35. The molecular weight excluding hydrogens is 220 g/mol. The van der Waals surface area contributed by atoms with Gasteiger partial charge in [-0.1, -0.05) is 17.8 Å². The van der Waals surface area contributed by atoms with Crippen LogP contribution in [0, 0.1) is 0 Å². The zero-order chi connectivity index (χ0) is 10.8. The first-order valence-corrected chi connectivity index (χ1v) is 6.47. The van der Waals surface area contributed by atoms with Gasteiger partial charge in [-0.3, -0.25) is 5.43 Å². The van der Waals surface area contributed by atoms with Crippen molar-refractivity contribution in [3.8, 4) is 0 Å². The van der Waals surface area contributed by atoms with E-state index in [2.05, 4.69) is 20.4 Å². The number of piperidine rings is 1. The predicted octanol–water partition coefficient (Wildman–Crippen LogP) is 2.50. The molecule has 5 heteroatoms. The van der Waals surface area contributed by atoms with Crippen molar-refractivity contribution < 1.29 is 0 Å². The van der Waals surface area contributed by atoms with Gasteiger partial charge in [0.05, 0.1) is 0 Å². The van der Waals surface area contributed by atoms with Crippen LogP contribution in [0.4, 0.5) is 5.13 Å². The molecule has 1 aliphatic heterocycles. The van der Waals surface area contributed by atoms with Crippen LogP contribution in [-0.4, -0.2) is 28.1 Å². The average molecular weight is 234 g/mol. The first kappa shape index (κ1) is 9.99. The summed E-state index contributed by atoms with van der Waals surface area (Å²) in [6.07, 6.45) is 5.71. The van der Waals surface area contributed by atoms with E-state index in [0.717, 1.165) is 28.6 Å². The van der Waals surface area contributed by atoms with Crippen molar-refractivity contribution in [3.05, 3.63) is 18.3 Å². The van der Waals surface area contributed by atoms with Gasteiger partial charge in [0, 0.05) is 19.3 Å². The molecule has 1 saturated heterocycles. The lowest BCUT2D eigenvalue weighted by Crippen LogP contribution is -2.34. The third-order valence-corrected chi connectivity index (χ3v) is 3.66. The van der Waals surface area contributed by atoms with Gasteiger partial charge in [0.15, 0.2) is 5.13 Å². The number of thiazole rings is 1. The van der Waals surface area contributed by atoms with Gasteiger partial charge < -0.3 is 0 Å². The minimum atomic E-state index is 0.954. The molecule has 1 N–H and O–H groups in total. The molecule has 2 aromatic rings. The summed E-state index contributed by atoms with van der Waals surface area (Å²) in [6.45, 7) is 2.23. The molecule has 0 radical (unpaired) electrons. The van der Waals surface area contributed by atoms with Crippen LogP contribution in [0.2, 0.25) is 0 Å². The molecule has 2 aromatic heterocycles. The largest absolute Gasteiger partial charge is 0.294 e. The van der Waals surface area contributed by atoms with E-state index in [0.29, 0.717) is 0 Å². The highest BCUT2D eigenvalue weighted by atomic mass is 32.1. The van der Waals surface area contributed by atoms with Crippen molar-refractivity contribution in [3.63, 3.8) is 0 Å². The molecule has 1 fully saturated rings. The predicted molar refractivity (Wildman–Crippen MR) is 66.5 cm³/mol. The fourth-order valence-electron chi connectivity index (χ4n) is 1.96. The molecule has 0 atom stereocenters. The molecule has 0 amide bonds. The number of hydrazine groups is 1. The summed E-state index contributed by atoms with van der Waals surface area (Å²) in [5.74, 6) is 0. The van der Waals surface area contributed by atoms with Crippen LogP contribution in [0.15, 0.2) is 18.3 Å². The quantitative estimate of drug-likeness (QED) is 0.867. The number of nitrogens with one attached hydrogen (secondary N) is 1. The molecule has 0 spiro atoms. The highest BCUT2D eigenvalue weighted by Crippen LogP contribution is 2.24. The van der Waals surface area contributed by atoms with Crippen LogP contribution in [0.3, 0.4) is 0 Å². The van der Waals surface area contributed by atoms with Crippen LogP contribution in [0.1, 0.15) is 19.3 Å². The number of nitrogens with zero attached hydrogens (tertiary/aromatic N) is 3. The third kappa shape index (κ3) is 2.01. The molecule has 0 unspecified atom stereocenters. The topological polar surface area (TPSA) is 41.1 Å². The summed E-state index contributed by atoms with van der Waals surface area (Å²) in [4.78, 5) is 9.80. The van der Waals surface area contributed by atoms with Crippen molar-refractivity contribution in [2.75, 3.05) is 18.5 Å². The minimum absolute atomic E-state index is 0.954. The molecule has 3 rings (SSSR count). The molecule has 16 heavy (non-hydrogen) atoms. The Balaban J connectivity index is 1.78. The Bertz CT molecular complexity index is 443. The average Bonchev–Trinajstić information content (AvgIpc) is 2.72. The Kier molecular flexibility index (Phi) is 2.71. The van der Waals surface area contributed by atoms with Gasteiger partial charge in [0.25, 0.3) is 0 Å². The lowest BCUT2D eigenvalue weighted by Gasteiger charge is -2.26. The molecule has 1 aliphatic rings. The molecule has 4 nitrogen and oxygen atoms in total. The molecule has 84 valence electrons. The molecule has 0 saturated carbocycles. The standard InChI is InChI=1S/C11H14N4S/c1-2-7-15(8-3-1)14-11-13-9-5-4-6-12-10(9)16-11/h4-6H,1-3,7-8H2,(H,13,14). The maximum absolute atomic E-state index is 4.51. The molecule has 3 heterocycles. The number of fused-ring (bicyclic) bond motifs is 1. The van der Waals surface area contributed by atoms with Crippen LogP contribution >= 0.6 is 11.3 Å². The first-order valence-electron chi connectivity index (χ1n) is 5.65. The lowest BCUT2D eigenvalue weighted by molar-refractivity contribution is 0.273. The summed E-state index contributed by atoms with van der Waals surface area (Å²) < 4.78 is 0. The molecule has 0 aliphatic carbocycles. The first-order chi connectivity index (χ1) is 7.92. The number of aromatic nitrogens is 2. The van der Waals surface area contributed by atoms with Crippen molar-refractivity contribution in [2.24, 2.45) is 0 Å². The van der Waals surface area contributed by atoms with Crippen LogP contribution < -0.4 is 5.43 Å². The Morgan fingerprint density at radius 2 is 2.12 bits per heavy atom. The van der Waals surface area contributed by atoms with Gasteiger partial charge in [0.2, 0.25) is 0 Å². The Labute approximate surface area is 98.3 Å². The van der Waals surface area contributed by atoms with E-state index in [-0.39, 0.29) is 0 Å². The zero-order valence-corrected chi connectivity index (χ0v) is 9.83. The fraction of sp³-hybridized carbons (Fsp3) is 0.455. The van der Waals surface area contributed by atoms with Gasteiger partial charge in [-0.15, -0.1) is 0 Å². The van der Waals surface area contributed by atoms with Gasteiger partial charge in [0.1, 0.15) is 10.3 Å². The van der Waals surface area contributed by atoms with Gasteiger partial charge in [-0.05, 0) is 25.0 Å².